The van der Waals surface area contributed by atoms with Gasteiger partial charge in [0.15, 0.2) is 0 Å². The van der Waals surface area contributed by atoms with Gasteiger partial charge in [-0.1, -0.05) is 6.92 Å². The van der Waals surface area contributed by atoms with Gasteiger partial charge in [0.25, 0.3) is 5.56 Å². The zero-order valence-corrected chi connectivity index (χ0v) is 9.90. The Hall–Kier alpha value is -1.95. The Morgan fingerprint density at radius 2 is 2.35 bits per heavy atom. The monoisotopic (exact) mass is 233 g/mol. The van der Waals surface area contributed by atoms with E-state index in [2.05, 4.69) is 20.4 Å². The molecule has 2 aromatic heterocycles. The highest BCUT2D eigenvalue weighted by Crippen LogP contribution is 2.13. The number of nitrogens with one attached hydrogen (secondary N) is 2. The Morgan fingerprint density at radius 1 is 1.53 bits per heavy atom. The standard InChI is InChI=1S/C11H15N5O/c1-3-12-6-10-14-9(4-11(17)15-10)8-5-13-16(2)7-8/h4-5,7,12H,3,6H2,1-2H3,(H,14,15,17). The molecule has 0 saturated heterocycles. The molecule has 0 aliphatic heterocycles. The van der Waals surface area contributed by atoms with E-state index in [1.807, 2.05) is 20.2 Å². The second-order valence-electron chi connectivity index (χ2n) is 3.76. The van der Waals surface area contributed by atoms with E-state index in [1.54, 1.807) is 10.9 Å². The third-order valence-electron chi connectivity index (χ3n) is 2.33. The van der Waals surface area contributed by atoms with Gasteiger partial charge in [0.2, 0.25) is 0 Å². The number of aryl methyl sites for hydroxylation is 1. The molecule has 0 radical (unpaired) electrons. The quantitative estimate of drug-likeness (QED) is 0.795. The number of aromatic amines is 1. The normalized spacial score (nSPS) is 10.7. The van der Waals surface area contributed by atoms with Crippen LogP contribution < -0.4 is 10.9 Å². The van der Waals surface area contributed by atoms with Gasteiger partial charge < -0.3 is 10.3 Å². The summed E-state index contributed by atoms with van der Waals surface area (Å²) in [4.78, 5) is 18.6. The summed E-state index contributed by atoms with van der Waals surface area (Å²) < 4.78 is 1.68. The van der Waals surface area contributed by atoms with Crippen LogP contribution in [0.25, 0.3) is 11.3 Å². The molecule has 0 aliphatic carbocycles. The first-order chi connectivity index (χ1) is 8.19. The molecule has 6 nitrogen and oxygen atoms in total. The first-order valence-electron chi connectivity index (χ1n) is 5.49. The highest BCUT2D eigenvalue weighted by atomic mass is 16.1. The van der Waals surface area contributed by atoms with Crippen molar-refractivity contribution in [2.45, 2.75) is 13.5 Å². The van der Waals surface area contributed by atoms with Crippen LogP contribution in [0.3, 0.4) is 0 Å². The van der Waals surface area contributed by atoms with E-state index in [1.165, 1.54) is 6.07 Å². The van der Waals surface area contributed by atoms with Crippen LogP contribution in [-0.4, -0.2) is 26.3 Å². The fourth-order valence-electron chi connectivity index (χ4n) is 1.54. The van der Waals surface area contributed by atoms with Crippen molar-refractivity contribution >= 4 is 0 Å². The van der Waals surface area contributed by atoms with Gasteiger partial charge in [0.05, 0.1) is 18.4 Å². The van der Waals surface area contributed by atoms with Crippen LogP contribution in [0.1, 0.15) is 12.7 Å². The maximum Gasteiger partial charge on any atom is 0.251 e. The number of hydrogen-bond acceptors (Lipinski definition) is 4. The van der Waals surface area contributed by atoms with Crippen molar-refractivity contribution in [3.8, 4) is 11.3 Å². The molecule has 2 heterocycles. The predicted octanol–water partition coefficient (Wildman–Crippen LogP) is 0.280. The molecule has 0 aliphatic rings. The van der Waals surface area contributed by atoms with E-state index in [0.717, 1.165) is 12.1 Å². The van der Waals surface area contributed by atoms with E-state index in [-0.39, 0.29) is 5.56 Å². The minimum absolute atomic E-state index is 0.147. The van der Waals surface area contributed by atoms with Crippen LogP contribution in [-0.2, 0) is 13.6 Å². The van der Waals surface area contributed by atoms with Gasteiger partial charge in [-0.05, 0) is 6.54 Å². The van der Waals surface area contributed by atoms with Crippen LogP contribution in [0, 0.1) is 0 Å². The van der Waals surface area contributed by atoms with Gasteiger partial charge in [-0.2, -0.15) is 5.10 Å². The van der Waals surface area contributed by atoms with Crippen molar-refractivity contribution in [2.24, 2.45) is 7.05 Å². The molecule has 2 N–H and O–H groups in total. The maximum absolute atomic E-state index is 11.5. The molecule has 0 atom stereocenters. The van der Waals surface area contributed by atoms with Crippen LogP contribution in [0.15, 0.2) is 23.3 Å². The molecule has 0 unspecified atom stereocenters. The maximum atomic E-state index is 11.5. The van der Waals surface area contributed by atoms with Gasteiger partial charge in [0.1, 0.15) is 5.82 Å². The predicted molar refractivity (Wildman–Crippen MR) is 64.4 cm³/mol. The second kappa shape index (κ2) is 4.92. The zero-order chi connectivity index (χ0) is 12.3. The van der Waals surface area contributed by atoms with Gasteiger partial charge >= 0.3 is 0 Å². The molecule has 0 bridgehead atoms. The molecule has 0 amide bonds. The van der Waals surface area contributed by atoms with Crippen molar-refractivity contribution in [2.75, 3.05) is 6.54 Å². The minimum Gasteiger partial charge on any atom is -0.310 e. The van der Waals surface area contributed by atoms with Crippen LogP contribution in [0.2, 0.25) is 0 Å². The molecular weight excluding hydrogens is 218 g/mol. The van der Waals surface area contributed by atoms with Gasteiger partial charge in [0, 0.05) is 24.9 Å². The summed E-state index contributed by atoms with van der Waals surface area (Å²) in [7, 11) is 1.83. The zero-order valence-electron chi connectivity index (χ0n) is 9.90. The highest BCUT2D eigenvalue weighted by molar-refractivity contribution is 5.56. The molecule has 0 spiro atoms. The average molecular weight is 233 g/mol. The summed E-state index contributed by atoms with van der Waals surface area (Å²) in [5.41, 5.74) is 1.35. The van der Waals surface area contributed by atoms with Gasteiger partial charge in [-0.15, -0.1) is 0 Å². The van der Waals surface area contributed by atoms with Crippen molar-refractivity contribution in [1.29, 1.82) is 0 Å². The smallest absolute Gasteiger partial charge is 0.251 e. The highest BCUT2D eigenvalue weighted by Gasteiger charge is 2.05. The fourth-order valence-corrected chi connectivity index (χ4v) is 1.54. The van der Waals surface area contributed by atoms with Gasteiger partial charge in [-0.25, -0.2) is 4.98 Å². The summed E-state index contributed by atoms with van der Waals surface area (Å²) in [5.74, 6) is 0.637. The molecule has 6 heteroatoms. The van der Waals surface area contributed by atoms with Crippen LogP contribution in [0.4, 0.5) is 0 Å². The number of nitrogens with zero attached hydrogens (tertiary/aromatic N) is 3. The molecule has 0 aromatic carbocycles. The van der Waals surface area contributed by atoms with E-state index in [9.17, 15) is 4.79 Å². The molecule has 2 aromatic rings. The summed E-state index contributed by atoms with van der Waals surface area (Å²) in [6, 6.07) is 1.48. The average Bonchev–Trinajstić information content (AvgIpc) is 2.72. The van der Waals surface area contributed by atoms with Crippen molar-refractivity contribution in [3.05, 3.63) is 34.6 Å². The lowest BCUT2D eigenvalue weighted by Gasteiger charge is -2.03. The molecule has 2 rings (SSSR count). The summed E-state index contributed by atoms with van der Waals surface area (Å²) in [6.45, 7) is 3.39. The second-order valence-corrected chi connectivity index (χ2v) is 3.76. The molecule has 0 saturated carbocycles. The van der Waals surface area contributed by atoms with Crippen LogP contribution in [0.5, 0.6) is 0 Å². The Morgan fingerprint density at radius 3 is 3.00 bits per heavy atom. The first kappa shape index (κ1) is 11.5. The Labute approximate surface area is 98.7 Å². The minimum atomic E-state index is -0.147. The number of hydrogen-bond donors (Lipinski definition) is 2. The summed E-state index contributed by atoms with van der Waals surface area (Å²) >= 11 is 0. The summed E-state index contributed by atoms with van der Waals surface area (Å²) in [6.07, 6.45) is 3.53. The van der Waals surface area contributed by atoms with Crippen LogP contribution >= 0.6 is 0 Å². The summed E-state index contributed by atoms with van der Waals surface area (Å²) in [5, 5.41) is 7.19. The molecule has 90 valence electrons. The number of aromatic nitrogens is 4. The van der Waals surface area contributed by atoms with Crippen molar-refractivity contribution in [1.82, 2.24) is 25.1 Å². The Bertz CT molecular complexity index is 557. The van der Waals surface area contributed by atoms with Crippen molar-refractivity contribution < 1.29 is 0 Å². The lowest BCUT2D eigenvalue weighted by molar-refractivity contribution is 0.688. The van der Waals surface area contributed by atoms with E-state index in [0.29, 0.717) is 18.1 Å². The van der Waals surface area contributed by atoms with Crippen molar-refractivity contribution in [3.63, 3.8) is 0 Å². The first-order valence-corrected chi connectivity index (χ1v) is 5.49. The number of H-pyrrole nitrogens is 1. The Balaban J connectivity index is 2.34. The van der Waals surface area contributed by atoms with Gasteiger partial charge in [-0.3, -0.25) is 9.48 Å². The third-order valence-corrected chi connectivity index (χ3v) is 2.33. The lowest BCUT2D eigenvalue weighted by Crippen LogP contribution is -2.18. The SMILES string of the molecule is CCNCc1nc(-c2cnn(C)c2)cc(=O)[nH]1. The third kappa shape index (κ3) is 2.79. The van der Waals surface area contributed by atoms with E-state index >= 15 is 0 Å². The molecule has 17 heavy (non-hydrogen) atoms. The number of rotatable bonds is 4. The topological polar surface area (TPSA) is 75.6 Å². The molecule has 0 fully saturated rings. The lowest BCUT2D eigenvalue weighted by atomic mass is 10.2. The Kier molecular flexibility index (Phi) is 3.34. The largest absolute Gasteiger partial charge is 0.310 e. The van der Waals surface area contributed by atoms with E-state index < -0.39 is 0 Å². The van der Waals surface area contributed by atoms with E-state index in [4.69, 9.17) is 0 Å². The molecular formula is C11H15N5O. The fraction of sp³-hybridized carbons (Fsp3) is 0.364.